The van der Waals surface area contributed by atoms with E-state index in [9.17, 15) is 9.59 Å². The summed E-state index contributed by atoms with van der Waals surface area (Å²) in [4.78, 5) is 25.4. The number of ether oxygens (including phenoxy) is 1. The fraction of sp³-hybridized carbons (Fsp3) is 0.467. The topological polar surface area (TPSA) is 58.6 Å². The highest BCUT2D eigenvalue weighted by atomic mass is 35.5. The van der Waals surface area contributed by atoms with Gasteiger partial charge in [0.15, 0.2) is 0 Å². The molecule has 0 aliphatic carbocycles. The van der Waals surface area contributed by atoms with Crippen molar-refractivity contribution >= 4 is 23.5 Å². The highest BCUT2D eigenvalue weighted by Gasteiger charge is 2.38. The number of carbonyl (C=O) groups is 2. The van der Waals surface area contributed by atoms with Crippen LogP contribution in [0.1, 0.15) is 31.5 Å². The third-order valence-electron chi connectivity index (χ3n) is 3.63. The number of esters is 1. The number of hydrogen-bond donors (Lipinski definition) is 1. The minimum Gasteiger partial charge on any atom is -0.469 e. The molecule has 2 unspecified atom stereocenters. The molecule has 1 N–H and O–H groups in total. The Morgan fingerprint density at radius 1 is 1.38 bits per heavy atom. The molecule has 0 aromatic heterocycles. The molecule has 1 aromatic rings. The van der Waals surface area contributed by atoms with Crippen molar-refractivity contribution in [3.63, 3.8) is 0 Å². The first-order valence-corrected chi connectivity index (χ1v) is 7.33. The Hall–Kier alpha value is -1.59. The average Bonchev–Trinajstić information content (AvgIpc) is 2.81. The largest absolute Gasteiger partial charge is 0.469 e. The van der Waals surface area contributed by atoms with E-state index in [0.29, 0.717) is 18.0 Å². The van der Waals surface area contributed by atoms with Crippen LogP contribution in [-0.4, -0.2) is 36.5 Å². The summed E-state index contributed by atoms with van der Waals surface area (Å²) in [6, 6.07) is 7.14. The highest BCUT2D eigenvalue weighted by Crippen LogP contribution is 2.27. The van der Waals surface area contributed by atoms with Crippen LogP contribution in [-0.2, 0) is 14.3 Å². The average molecular weight is 311 g/mol. The summed E-state index contributed by atoms with van der Waals surface area (Å²) >= 11 is 5.90. The molecule has 5 nitrogen and oxygen atoms in total. The minimum atomic E-state index is -0.322. The van der Waals surface area contributed by atoms with Crippen LogP contribution < -0.4 is 5.32 Å². The molecular weight excluding hydrogens is 292 g/mol. The van der Waals surface area contributed by atoms with Gasteiger partial charge >= 0.3 is 5.97 Å². The van der Waals surface area contributed by atoms with Crippen molar-refractivity contribution in [1.29, 1.82) is 0 Å². The molecule has 2 rings (SSSR count). The van der Waals surface area contributed by atoms with Crippen LogP contribution in [0.25, 0.3) is 0 Å². The SMILES string of the molecule is CCC1NC(c2ccc(Cl)cc2)N(CCC(=O)OC)C1=O. The monoisotopic (exact) mass is 310 g/mol. The van der Waals surface area contributed by atoms with E-state index in [4.69, 9.17) is 11.6 Å². The zero-order chi connectivity index (χ0) is 15.4. The van der Waals surface area contributed by atoms with Crippen LogP contribution >= 0.6 is 11.6 Å². The molecule has 0 saturated carbocycles. The van der Waals surface area contributed by atoms with Crippen molar-refractivity contribution < 1.29 is 14.3 Å². The normalized spacial score (nSPS) is 21.7. The summed E-state index contributed by atoms with van der Waals surface area (Å²) in [5, 5.41) is 3.95. The van der Waals surface area contributed by atoms with Gasteiger partial charge in [0.1, 0.15) is 6.17 Å². The number of hydrogen-bond acceptors (Lipinski definition) is 4. The first kappa shape index (κ1) is 15.8. The lowest BCUT2D eigenvalue weighted by atomic mass is 10.1. The second kappa shape index (κ2) is 6.91. The van der Waals surface area contributed by atoms with E-state index in [0.717, 1.165) is 5.56 Å². The number of amides is 1. The van der Waals surface area contributed by atoms with Crippen molar-refractivity contribution in [3.8, 4) is 0 Å². The van der Waals surface area contributed by atoms with Crippen LogP contribution in [0.2, 0.25) is 5.02 Å². The molecule has 2 atom stereocenters. The molecular formula is C15H19ClN2O3. The van der Waals surface area contributed by atoms with Crippen molar-refractivity contribution in [3.05, 3.63) is 34.9 Å². The number of rotatable bonds is 5. The van der Waals surface area contributed by atoms with Crippen molar-refractivity contribution in [2.75, 3.05) is 13.7 Å². The Bertz CT molecular complexity index is 518. The summed E-state index contributed by atoms with van der Waals surface area (Å²) in [7, 11) is 1.35. The van der Waals surface area contributed by atoms with Gasteiger partial charge in [0, 0.05) is 11.6 Å². The Morgan fingerprint density at radius 3 is 2.62 bits per heavy atom. The lowest BCUT2D eigenvalue weighted by Crippen LogP contribution is -2.33. The van der Waals surface area contributed by atoms with Gasteiger partial charge in [-0.25, -0.2) is 0 Å². The predicted molar refractivity (Wildman–Crippen MR) is 79.8 cm³/mol. The van der Waals surface area contributed by atoms with E-state index >= 15 is 0 Å². The fourth-order valence-electron chi connectivity index (χ4n) is 2.45. The maximum atomic E-state index is 12.4. The fourth-order valence-corrected chi connectivity index (χ4v) is 2.57. The molecule has 1 aromatic carbocycles. The van der Waals surface area contributed by atoms with E-state index in [2.05, 4.69) is 10.1 Å². The van der Waals surface area contributed by atoms with Gasteiger partial charge in [0.2, 0.25) is 5.91 Å². The second-order valence-electron chi connectivity index (χ2n) is 4.94. The molecule has 1 amide bonds. The first-order chi connectivity index (χ1) is 10.1. The summed E-state index contributed by atoms with van der Waals surface area (Å²) in [6.45, 7) is 2.29. The third kappa shape index (κ3) is 3.54. The number of benzene rings is 1. The number of methoxy groups -OCH3 is 1. The van der Waals surface area contributed by atoms with Crippen LogP contribution in [0, 0.1) is 0 Å². The molecule has 1 aliphatic rings. The first-order valence-electron chi connectivity index (χ1n) is 6.95. The Balaban J connectivity index is 2.17. The van der Waals surface area contributed by atoms with Crippen LogP contribution in [0.3, 0.4) is 0 Å². The van der Waals surface area contributed by atoms with E-state index in [-0.39, 0.29) is 30.5 Å². The van der Waals surface area contributed by atoms with Gasteiger partial charge in [-0.15, -0.1) is 0 Å². The van der Waals surface area contributed by atoms with Gasteiger partial charge in [-0.05, 0) is 24.1 Å². The zero-order valence-electron chi connectivity index (χ0n) is 12.1. The highest BCUT2D eigenvalue weighted by molar-refractivity contribution is 6.30. The molecule has 114 valence electrons. The summed E-state index contributed by atoms with van der Waals surface area (Å²) in [5.41, 5.74) is 0.952. The Morgan fingerprint density at radius 2 is 2.05 bits per heavy atom. The predicted octanol–water partition coefficient (Wildman–Crippen LogP) is 2.11. The minimum absolute atomic E-state index is 0.0151. The maximum Gasteiger partial charge on any atom is 0.307 e. The van der Waals surface area contributed by atoms with Gasteiger partial charge in [-0.3, -0.25) is 14.9 Å². The molecule has 1 heterocycles. The van der Waals surface area contributed by atoms with Gasteiger partial charge in [-0.1, -0.05) is 30.7 Å². The van der Waals surface area contributed by atoms with Gasteiger partial charge < -0.3 is 9.64 Å². The standard InChI is InChI=1S/C15H19ClN2O3/c1-3-12-15(20)18(9-8-13(19)21-2)14(17-12)10-4-6-11(16)7-5-10/h4-7,12,14,17H,3,8-9H2,1-2H3. The maximum absolute atomic E-state index is 12.4. The Kier molecular flexibility index (Phi) is 5.20. The number of nitrogens with one attached hydrogen (secondary N) is 1. The molecule has 0 bridgehead atoms. The zero-order valence-corrected chi connectivity index (χ0v) is 12.9. The smallest absolute Gasteiger partial charge is 0.307 e. The number of carbonyl (C=O) groups excluding carboxylic acids is 2. The molecule has 0 radical (unpaired) electrons. The molecule has 1 aliphatic heterocycles. The van der Waals surface area contributed by atoms with Crippen LogP contribution in [0.15, 0.2) is 24.3 Å². The van der Waals surface area contributed by atoms with E-state index in [1.54, 1.807) is 17.0 Å². The van der Waals surface area contributed by atoms with Crippen molar-refractivity contribution in [2.24, 2.45) is 0 Å². The molecule has 0 spiro atoms. The lowest BCUT2D eigenvalue weighted by Gasteiger charge is -2.24. The third-order valence-corrected chi connectivity index (χ3v) is 3.88. The van der Waals surface area contributed by atoms with Crippen molar-refractivity contribution in [2.45, 2.75) is 32.0 Å². The number of nitrogens with zero attached hydrogens (tertiary/aromatic N) is 1. The molecule has 6 heteroatoms. The molecule has 1 fully saturated rings. The van der Waals surface area contributed by atoms with E-state index in [1.807, 2.05) is 19.1 Å². The second-order valence-corrected chi connectivity index (χ2v) is 5.38. The van der Waals surface area contributed by atoms with E-state index < -0.39 is 0 Å². The van der Waals surface area contributed by atoms with Gasteiger partial charge in [-0.2, -0.15) is 0 Å². The summed E-state index contributed by atoms with van der Waals surface area (Å²) in [6.07, 6.45) is 0.659. The quantitative estimate of drug-likeness (QED) is 0.846. The van der Waals surface area contributed by atoms with Crippen LogP contribution in [0.4, 0.5) is 0 Å². The summed E-state index contributed by atoms with van der Waals surface area (Å²) < 4.78 is 4.64. The Labute approximate surface area is 129 Å². The van der Waals surface area contributed by atoms with E-state index in [1.165, 1.54) is 7.11 Å². The molecule has 21 heavy (non-hydrogen) atoms. The number of halogens is 1. The molecule has 1 saturated heterocycles. The van der Waals surface area contributed by atoms with Gasteiger partial charge in [0.05, 0.1) is 19.6 Å². The van der Waals surface area contributed by atoms with Gasteiger partial charge in [0.25, 0.3) is 0 Å². The lowest BCUT2D eigenvalue weighted by molar-refractivity contribution is -0.141. The van der Waals surface area contributed by atoms with Crippen LogP contribution in [0.5, 0.6) is 0 Å². The van der Waals surface area contributed by atoms with Crippen molar-refractivity contribution in [1.82, 2.24) is 10.2 Å². The summed E-state index contributed by atoms with van der Waals surface area (Å²) in [5.74, 6) is -0.307.